The summed E-state index contributed by atoms with van der Waals surface area (Å²) in [6.07, 6.45) is 1.33. The summed E-state index contributed by atoms with van der Waals surface area (Å²) >= 11 is 0. The average molecular weight is 254 g/mol. The Morgan fingerprint density at radius 3 is 2.24 bits per heavy atom. The Balaban J connectivity index is 2.76. The van der Waals surface area contributed by atoms with E-state index in [9.17, 15) is 13.2 Å². The number of hydrogen-bond acceptors (Lipinski definition) is 3. The van der Waals surface area contributed by atoms with Crippen molar-refractivity contribution in [2.24, 2.45) is 0 Å². The first kappa shape index (κ1) is 13.7. The van der Waals surface area contributed by atoms with Gasteiger partial charge in [0.25, 0.3) is 15.9 Å². The molecule has 0 fully saturated rings. The Labute approximate surface area is 102 Å². The zero-order valence-electron chi connectivity index (χ0n) is 10.0. The number of carbonyl (C=O) groups is 1. The van der Waals surface area contributed by atoms with Gasteiger partial charge in [0.2, 0.25) is 0 Å². The number of benzene rings is 1. The second kappa shape index (κ2) is 5.82. The van der Waals surface area contributed by atoms with Crippen molar-refractivity contribution in [1.29, 1.82) is 0 Å². The molecule has 0 aromatic heterocycles. The molecular formula is C12H16NO3S. The molecule has 17 heavy (non-hydrogen) atoms. The van der Waals surface area contributed by atoms with Crippen LogP contribution in [0.15, 0.2) is 24.3 Å². The van der Waals surface area contributed by atoms with E-state index >= 15 is 0 Å². The van der Waals surface area contributed by atoms with Crippen LogP contribution in [0.5, 0.6) is 0 Å². The number of nitrogens with zero attached hydrogens (tertiary/aromatic N) is 1. The fourth-order valence-electron chi connectivity index (χ4n) is 1.37. The standard InChI is InChI=1S/C12H16NO3S/c1-3-9-17(15,16)13-12(14)11-7-5-10(4-2)6-8-11/h5-8H,3-4,9H2,1-2H3. The molecule has 5 heteroatoms. The fraction of sp³-hybridized carbons (Fsp3) is 0.417. The molecule has 1 aromatic rings. The minimum Gasteiger partial charge on any atom is -0.266 e. The first-order valence-corrected chi connectivity index (χ1v) is 7.18. The molecule has 0 N–H and O–H groups in total. The highest BCUT2D eigenvalue weighted by molar-refractivity contribution is 7.89. The lowest BCUT2D eigenvalue weighted by atomic mass is 10.1. The molecule has 0 unspecified atom stereocenters. The van der Waals surface area contributed by atoms with Crippen molar-refractivity contribution in [3.8, 4) is 0 Å². The monoisotopic (exact) mass is 254 g/mol. The van der Waals surface area contributed by atoms with Crippen LogP contribution < -0.4 is 4.72 Å². The number of rotatable bonds is 5. The van der Waals surface area contributed by atoms with Gasteiger partial charge in [0.15, 0.2) is 0 Å². The molecule has 0 spiro atoms. The van der Waals surface area contributed by atoms with Crippen LogP contribution >= 0.6 is 0 Å². The first-order valence-electron chi connectivity index (χ1n) is 5.57. The summed E-state index contributed by atoms with van der Waals surface area (Å²) in [5, 5.41) is 0. The van der Waals surface area contributed by atoms with E-state index in [-0.39, 0.29) is 5.75 Å². The largest absolute Gasteiger partial charge is 0.287 e. The topological polar surface area (TPSA) is 65.3 Å². The summed E-state index contributed by atoms with van der Waals surface area (Å²) in [6.45, 7) is 3.74. The van der Waals surface area contributed by atoms with Gasteiger partial charge in [0, 0.05) is 5.56 Å². The molecule has 0 aliphatic heterocycles. The maximum atomic E-state index is 11.6. The molecule has 0 atom stereocenters. The van der Waals surface area contributed by atoms with Crippen LogP contribution in [0.1, 0.15) is 36.2 Å². The normalized spacial score (nSPS) is 11.2. The van der Waals surface area contributed by atoms with Gasteiger partial charge in [-0.3, -0.25) is 4.79 Å². The lowest BCUT2D eigenvalue weighted by molar-refractivity contribution is 0.0978. The van der Waals surface area contributed by atoms with Crippen LogP contribution in [0.2, 0.25) is 0 Å². The molecule has 4 nitrogen and oxygen atoms in total. The quantitative estimate of drug-likeness (QED) is 0.803. The Bertz CT molecular complexity index is 477. The molecule has 93 valence electrons. The van der Waals surface area contributed by atoms with Crippen LogP contribution in [0.4, 0.5) is 0 Å². The van der Waals surface area contributed by atoms with Crippen molar-refractivity contribution < 1.29 is 13.2 Å². The highest BCUT2D eigenvalue weighted by Gasteiger charge is 2.17. The van der Waals surface area contributed by atoms with Crippen molar-refractivity contribution in [2.45, 2.75) is 26.7 Å². The molecule has 0 saturated carbocycles. The molecule has 0 saturated heterocycles. The van der Waals surface area contributed by atoms with E-state index < -0.39 is 15.9 Å². The Kier molecular flexibility index (Phi) is 4.69. The van der Waals surface area contributed by atoms with Crippen molar-refractivity contribution in [3.63, 3.8) is 0 Å². The number of carbonyl (C=O) groups excluding carboxylic acids is 1. The Morgan fingerprint density at radius 1 is 1.18 bits per heavy atom. The van der Waals surface area contributed by atoms with Crippen LogP contribution in [0.25, 0.3) is 0 Å². The maximum Gasteiger partial charge on any atom is 0.287 e. The molecule has 0 bridgehead atoms. The van der Waals surface area contributed by atoms with E-state index in [1.54, 1.807) is 31.2 Å². The number of hydrogen-bond donors (Lipinski definition) is 0. The highest BCUT2D eigenvalue weighted by atomic mass is 32.2. The van der Waals surface area contributed by atoms with Crippen molar-refractivity contribution in [2.75, 3.05) is 5.75 Å². The maximum absolute atomic E-state index is 11.6. The van der Waals surface area contributed by atoms with Gasteiger partial charge in [-0.15, -0.1) is 4.72 Å². The minimum atomic E-state index is -3.62. The molecule has 0 heterocycles. The number of aryl methyl sites for hydroxylation is 1. The number of sulfonamides is 1. The molecule has 0 aliphatic rings. The summed E-state index contributed by atoms with van der Waals surface area (Å²) in [7, 11) is -3.62. The summed E-state index contributed by atoms with van der Waals surface area (Å²) in [5.41, 5.74) is 1.40. The van der Waals surface area contributed by atoms with Crippen LogP contribution in [0.3, 0.4) is 0 Å². The number of amides is 1. The van der Waals surface area contributed by atoms with E-state index in [2.05, 4.69) is 4.72 Å². The van der Waals surface area contributed by atoms with Crippen LogP contribution in [0, 0.1) is 0 Å². The second-order valence-corrected chi connectivity index (χ2v) is 5.49. The third-order valence-corrected chi connectivity index (χ3v) is 3.66. The predicted octanol–water partition coefficient (Wildman–Crippen LogP) is 1.73. The van der Waals surface area contributed by atoms with E-state index in [0.717, 1.165) is 12.0 Å². The van der Waals surface area contributed by atoms with E-state index in [1.165, 1.54) is 0 Å². The SMILES string of the molecule is CCCS(=O)(=O)[N]C(=O)c1ccc(CC)cc1. The average Bonchev–Trinajstić information content (AvgIpc) is 2.28. The van der Waals surface area contributed by atoms with Crippen LogP contribution in [-0.2, 0) is 16.4 Å². The molecule has 0 aliphatic carbocycles. The van der Waals surface area contributed by atoms with Gasteiger partial charge >= 0.3 is 0 Å². The summed E-state index contributed by atoms with van der Waals surface area (Å²) in [5.74, 6) is -0.785. The van der Waals surface area contributed by atoms with Gasteiger partial charge in [0.1, 0.15) is 0 Å². The predicted molar refractivity (Wildman–Crippen MR) is 66.4 cm³/mol. The molecular weight excluding hydrogens is 238 g/mol. The highest BCUT2D eigenvalue weighted by Crippen LogP contribution is 2.06. The van der Waals surface area contributed by atoms with Crippen molar-refractivity contribution >= 4 is 15.9 Å². The third kappa shape index (κ3) is 4.19. The molecule has 1 aromatic carbocycles. The fourth-order valence-corrected chi connectivity index (χ4v) is 2.33. The van der Waals surface area contributed by atoms with Gasteiger partial charge in [-0.05, 0) is 30.5 Å². The smallest absolute Gasteiger partial charge is 0.266 e. The summed E-state index contributed by atoms with van der Waals surface area (Å²) in [4.78, 5) is 11.6. The zero-order chi connectivity index (χ0) is 12.9. The van der Waals surface area contributed by atoms with Crippen LogP contribution in [-0.4, -0.2) is 20.1 Å². The van der Waals surface area contributed by atoms with E-state index in [1.807, 2.05) is 6.92 Å². The van der Waals surface area contributed by atoms with Crippen molar-refractivity contribution in [1.82, 2.24) is 4.72 Å². The third-order valence-electron chi connectivity index (χ3n) is 2.29. The van der Waals surface area contributed by atoms with Crippen molar-refractivity contribution in [3.05, 3.63) is 35.4 Å². The van der Waals surface area contributed by atoms with Gasteiger partial charge in [-0.25, -0.2) is 8.42 Å². The molecule has 1 amide bonds. The molecule has 1 radical (unpaired) electrons. The zero-order valence-corrected chi connectivity index (χ0v) is 10.8. The summed E-state index contributed by atoms with van der Waals surface area (Å²) < 4.78 is 26.0. The van der Waals surface area contributed by atoms with Gasteiger partial charge in [-0.1, -0.05) is 26.0 Å². The Hall–Kier alpha value is -1.36. The van der Waals surface area contributed by atoms with E-state index in [4.69, 9.17) is 0 Å². The van der Waals surface area contributed by atoms with Gasteiger partial charge < -0.3 is 0 Å². The van der Waals surface area contributed by atoms with E-state index in [0.29, 0.717) is 12.0 Å². The lowest BCUT2D eigenvalue weighted by Gasteiger charge is -2.03. The summed E-state index contributed by atoms with van der Waals surface area (Å²) in [6, 6.07) is 6.81. The Morgan fingerprint density at radius 2 is 1.76 bits per heavy atom. The molecule has 1 rings (SSSR count). The van der Waals surface area contributed by atoms with Gasteiger partial charge in [-0.2, -0.15) is 0 Å². The first-order chi connectivity index (χ1) is 7.98. The van der Waals surface area contributed by atoms with Gasteiger partial charge in [0.05, 0.1) is 5.75 Å². The lowest BCUT2D eigenvalue weighted by Crippen LogP contribution is -2.25. The minimum absolute atomic E-state index is 0.0915. The second-order valence-electron chi connectivity index (χ2n) is 3.73.